The smallest absolute Gasteiger partial charge is 0.0622 e. The predicted octanol–water partition coefficient (Wildman–Crippen LogP) is 11.7. The van der Waals surface area contributed by atoms with Gasteiger partial charge in [-0.1, -0.05) is 158 Å². The van der Waals surface area contributed by atoms with Gasteiger partial charge in [0.25, 0.3) is 0 Å². The number of fused-ring (bicyclic) bond motifs is 3. The molecule has 0 amide bonds. The van der Waals surface area contributed by atoms with Crippen molar-refractivity contribution in [3.05, 3.63) is 202 Å². The third kappa shape index (κ3) is 4.42. The fraction of sp³-hybridized carbons (Fsp3) is 0.0233. The molecule has 1 heteroatoms. The zero-order valence-electron chi connectivity index (χ0n) is 24.1. The van der Waals surface area contributed by atoms with Gasteiger partial charge in [0.15, 0.2) is 0 Å². The highest BCUT2D eigenvalue weighted by molar-refractivity contribution is 14.1. The summed E-state index contributed by atoms with van der Waals surface area (Å²) in [6, 6.07) is 64.7. The Morgan fingerprint density at radius 2 is 0.750 bits per heavy atom. The van der Waals surface area contributed by atoms with E-state index in [4.69, 9.17) is 0 Å². The predicted molar refractivity (Wildman–Crippen MR) is 193 cm³/mol. The summed E-state index contributed by atoms with van der Waals surface area (Å²) in [7, 11) is 0. The van der Waals surface area contributed by atoms with Crippen molar-refractivity contribution < 1.29 is 0 Å². The number of halogens is 1. The molecule has 0 fully saturated rings. The summed E-state index contributed by atoms with van der Waals surface area (Å²) in [4.78, 5) is 0. The summed E-state index contributed by atoms with van der Waals surface area (Å²) in [6.07, 6.45) is 0. The molecule has 0 nitrogen and oxygen atoms in total. The van der Waals surface area contributed by atoms with E-state index < -0.39 is 5.41 Å². The van der Waals surface area contributed by atoms with Crippen LogP contribution in [0.5, 0.6) is 0 Å². The molecule has 0 radical (unpaired) electrons. The lowest BCUT2D eigenvalue weighted by Gasteiger charge is -2.34. The molecule has 0 N–H and O–H groups in total. The summed E-state index contributed by atoms with van der Waals surface area (Å²) in [6.45, 7) is 0. The molecule has 1 aliphatic carbocycles. The van der Waals surface area contributed by atoms with E-state index >= 15 is 0 Å². The molecule has 8 rings (SSSR count). The zero-order chi connectivity index (χ0) is 29.5. The lowest BCUT2D eigenvalue weighted by Crippen LogP contribution is -2.28. The van der Waals surface area contributed by atoms with Crippen LogP contribution < -0.4 is 0 Å². The molecule has 0 saturated carbocycles. The van der Waals surface area contributed by atoms with Crippen LogP contribution in [0.1, 0.15) is 22.3 Å². The zero-order valence-corrected chi connectivity index (χ0v) is 26.3. The quantitative estimate of drug-likeness (QED) is 0.160. The van der Waals surface area contributed by atoms with Crippen molar-refractivity contribution in [1.82, 2.24) is 0 Å². The van der Waals surface area contributed by atoms with Gasteiger partial charge in [0.1, 0.15) is 0 Å². The van der Waals surface area contributed by atoms with Crippen LogP contribution in [0.4, 0.5) is 0 Å². The minimum absolute atomic E-state index is 0.431. The van der Waals surface area contributed by atoms with Crippen LogP contribution in [0.25, 0.3) is 44.5 Å². The maximum atomic E-state index is 2.41. The van der Waals surface area contributed by atoms with Crippen LogP contribution in [-0.2, 0) is 5.41 Å². The number of benzene rings is 7. The molecule has 0 aromatic heterocycles. The molecule has 0 heterocycles. The van der Waals surface area contributed by atoms with Gasteiger partial charge < -0.3 is 0 Å². The van der Waals surface area contributed by atoms with Crippen molar-refractivity contribution in [2.75, 3.05) is 0 Å². The summed E-state index contributed by atoms with van der Waals surface area (Å²) in [5, 5.41) is 0. The van der Waals surface area contributed by atoms with Crippen LogP contribution in [0, 0.1) is 3.57 Å². The minimum atomic E-state index is -0.431. The van der Waals surface area contributed by atoms with Crippen LogP contribution in [0.2, 0.25) is 0 Å². The third-order valence-electron chi connectivity index (χ3n) is 9.07. The van der Waals surface area contributed by atoms with Gasteiger partial charge in [-0.05, 0) is 108 Å². The summed E-state index contributed by atoms with van der Waals surface area (Å²) >= 11 is 2.36. The molecule has 7 aromatic carbocycles. The second-order valence-electron chi connectivity index (χ2n) is 11.4. The second-order valence-corrected chi connectivity index (χ2v) is 12.7. The lowest BCUT2D eigenvalue weighted by atomic mass is 9.67. The van der Waals surface area contributed by atoms with Gasteiger partial charge in [-0.25, -0.2) is 0 Å². The average molecular weight is 673 g/mol. The minimum Gasteiger partial charge on any atom is -0.0622 e. The van der Waals surface area contributed by atoms with E-state index in [2.05, 4.69) is 199 Å². The maximum absolute atomic E-state index is 2.41. The topological polar surface area (TPSA) is 0 Å². The molecule has 0 atom stereocenters. The van der Waals surface area contributed by atoms with E-state index in [1.165, 1.54) is 70.3 Å². The van der Waals surface area contributed by atoms with E-state index in [-0.39, 0.29) is 0 Å². The number of hydrogen-bond donors (Lipinski definition) is 0. The summed E-state index contributed by atoms with van der Waals surface area (Å²) in [5.41, 5.74) is 14.8. The van der Waals surface area contributed by atoms with Gasteiger partial charge in [0.05, 0.1) is 5.41 Å². The van der Waals surface area contributed by atoms with Gasteiger partial charge in [-0.2, -0.15) is 0 Å². The van der Waals surface area contributed by atoms with Gasteiger partial charge in [-0.15, -0.1) is 0 Å². The second kappa shape index (κ2) is 11.1. The monoisotopic (exact) mass is 672 g/mol. The molecule has 0 bridgehead atoms. The first-order chi connectivity index (χ1) is 21.7. The third-order valence-corrected chi connectivity index (χ3v) is 9.79. The average Bonchev–Trinajstić information content (AvgIpc) is 3.40. The first-order valence-corrected chi connectivity index (χ1v) is 16.1. The largest absolute Gasteiger partial charge is 0.0713 e. The highest BCUT2D eigenvalue weighted by atomic mass is 127. The molecule has 44 heavy (non-hydrogen) atoms. The normalized spacial score (nSPS) is 12.8. The van der Waals surface area contributed by atoms with Crippen molar-refractivity contribution in [3.8, 4) is 44.5 Å². The van der Waals surface area contributed by atoms with Gasteiger partial charge in [0.2, 0.25) is 0 Å². The fourth-order valence-electron chi connectivity index (χ4n) is 7.00. The Morgan fingerprint density at radius 3 is 1.34 bits per heavy atom. The van der Waals surface area contributed by atoms with Crippen molar-refractivity contribution in [2.24, 2.45) is 0 Å². The number of rotatable bonds is 5. The lowest BCUT2D eigenvalue weighted by molar-refractivity contribution is 0.769. The molecular formula is C43H29I. The van der Waals surface area contributed by atoms with Gasteiger partial charge >= 0.3 is 0 Å². The molecular weight excluding hydrogens is 643 g/mol. The maximum Gasteiger partial charge on any atom is 0.0713 e. The highest BCUT2D eigenvalue weighted by Gasteiger charge is 2.45. The van der Waals surface area contributed by atoms with E-state index in [1.807, 2.05) is 0 Å². The van der Waals surface area contributed by atoms with Crippen LogP contribution in [0.3, 0.4) is 0 Å². The Morgan fingerprint density at radius 1 is 0.318 bits per heavy atom. The molecule has 1 aliphatic rings. The van der Waals surface area contributed by atoms with Crippen molar-refractivity contribution >= 4 is 22.6 Å². The van der Waals surface area contributed by atoms with Crippen molar-refractivity contribution in [1.29, 1.82) is 0 Å². The van der Waals surface area contributed by atoms with Crippen LogP contribution >= 0.6 is 22.6 Å². The Hall–Kier alpha value is -4.73. The molecule has 208 valence electrons. The van der Waals surface area contributed by atoms with Crippen molar-refractivity contribution in [3.63, 3.8) is 0 Å². The molecule has 0 aliphatic heterocycles. The highest BCUT2D eigenvalue weighted by Crippen LogP contribution is 2.56. The first-order valence-electron chi connectivity index (χ1n) is 15.0. The van der Waals surface area contributed by atoms with Gasteiger partial charge in [-0.3, -0.25) is 0 Å². The Labute approximate surface area is 272 Å². The Bertz CT molecular complexity index is 2040. The van der Waals surface area contributed by atoms with Crippen molar-refractivity contribution in [2.45, 2.75) is 5.41 Å². The van der Waals surface area contributed by atoms with E-state index in [1.54, 1.807) is 0 Å². The Balaban J connectivity index is 1.30. The van der Waals surface area contributed by atoms with E-state index in [0.29, 0.717) is 0 Å². The fourth-order valence-corrected chi connectivity index (χ4v) is 7.36. The van der Waals surface area contributed by atoms with E-state index in [9.17, 15) is 0 Å². The Kier molecular flexibility index (Phi) is 6.76. The molecule has 0 spiro atoms. The van der Waals surface area contributed by atoms with Crippen LogP contribution in [0.15, 0.2) is 176 Å². The molecule has 7 aromatic rings. The summed E-state index contributed by atoms with van der Waals surface area (Å²) < 4.78 is 1.25. The van der Waals surface area contributed by atoms with Gasteiger partial charge in [0, 0.05) is 3.57 Å². The summed E-state index contributed by atoms with van der Waals surface area (Å²) in [5.74, 6) is 0. The molecule has 0 unspecified atom stereocenters. The molecule has 0 saturated heterocycles. The SMILES string of the molecule is Ic1ccc(-c2ccc(-c3cccc(C4(c5ccc(-c6ccccc6)cc5)c5ccccc5-c5ccccc54)c3)cc2)cc1. The van der Waals surface area contributed by atoms with E-state index in [0.717, 1.165) is 0 Å². The van der Waals surface area contributed by atoms with Crippen LogP contribution in [-0.4, -0.2) is 0 Å². The first kappa shape index (κ1) is 26.9. The standard InChI is InChI=1S/C43H29I/c44-38-27-23-33(24-28-38)31-17-19-34(20-18-31)35-11-8-12-37(29-35)43(36-25-21-32(22-26-36)30-9-2-1-3-10-30)41-15-6-4-13-39(41)40-14-5-7-16-42(40)43/h1-29H. The number of hydrogen-bond acceptors (Lipinski definition) is 0.